The van der Waals surface area contributed by atoms with Crippen molar-refractivity contribution in [1.82, 2.24) is 10.3 Å². The Hall–Kier alpha value is -3.87. The largest absolute Gasteiger partial charge is 0.486 e. The van der Waals surface area contributed by atoms with Crippen molar-refractivity contribution in [2.24, 2.45) is 4.99 Å². The van der Waals surface area contributed by atoms with E-state index in [2.05, 4.69) is 20.6 Å². The van der Waals surface area contributed by atoms with Crippen LogP contribution in [0.3, 0.4) is 0 Å². The van der Waals surface area contributed by atoms with E-state index in [4.69, 9.17) is 9.47 Å². The molecule has 0 unspecified atom stereocenters. The summed E-state index contributed by atoms with van der Waals surface area (Å²) in [6.07, 6.45) is 3.43. The number of nitrogens with zero attached hydrogens (tertiary/aromatic N) is 2. The van der Waals surface area contributed by atoms with E-state index in [1.165, 1.54) is 0 Å². The van der Waals surface area contributed by atoms with Gasteiger partial charge in [-0.25, -0.2) is 4.99 Å². The lowest BCUT2D eigenvalue weighted by molar-refractivity contribution is 0.0976. The topological polar surface area (TPSA) is 84.8 Å². The molecule has 7 heteroatoms. The zero-order valence-corrected chi connectivity index (χ0v) is 16.6. The van der Waals surface area contributed by atoms with Crippen LogP contribution in [0, 0.1) is 6.92 Å². The first-order valence-corrected chi connectivity index (χ1v) is 9.66. The summed E-state index contributed by atoms with van der Waals surface area (Å²) < 4.78 is 11.2. The normalized spacial score (nSPS) is 12.9. The number of hydrogen-bond acceptors (Lipinski definition) is 5. The average Bonchev–Trinajstić information content (AvgIpc) is 2.78. The third kappa shape index (κ3) is 4.75. The van der Waals surface area contributed by atoms with Crippen LogP contribution in [0.2, 0.25) is 0 Å². The number of aryl methyl sites for hydroxylation is 1. The first-order chi connectivity index (χ1) is 14.7. The van der Waals surface area contributed by atoms with E-state index in [0.717, 1.165) is 16.8 Å². The Balaban J connectivity index is 1.56. The maximum absolute atomic E-state index is 12.8. The number of nitrogens with one attached hydrogen (secondary N) is 2. The monoisotopic (exact) mass is 402 g/mol. The fraction of sp³-hybridized carbons (Fsp3) is 0.174. The molecule has 0 atom stereocenters. The maximum Gasteiger partial charge on any atom is 0.258 e. The molecule has 4 rings (SSSR count). The molecule has 2 heterocycles. The lowest BCUT2D eigenvalue weighted by Gasteiger charge is -2.19. The molecule has 30 heavy (non-hydrogen) atoms. The summed E-state index contributed by atoms with van der Waals surface area (Å²) in [5, 5.41) is 6.07. The van der Waals surface area contributed by atoms with Gasteiger partial charge in [-0.2, -0.15) is 0 Å². The minimum Gasteiger partial charge on any atom is -0.486 e. The van der Waals surface area contributed by atoms with Crippen molar-refractivity contribution < 1.29 is 14.3 Å². The second-order valence-electron chi connectivity index (χ2n) is 6.77. The maximum atomic E-state index is 12.8. The smallest absolute Gasteiger partial charge is 0.258 e. The first-order valence-electron chi connectivity index (χ1n) is 9.66. The van der Waals surface area contributed by atoms with Crippen LogP contribution in [0.15, 0.2) is 72.0 Å². The summed E-state index contributed by atoms with van der Waals surface area (Å²) in [5.74, 6) is 1.47. The van der Waals surface area contributed by atoms with Crippen LogP contribution in [0.4, 0.5) is 5.69 Å². The third-order valence-corrected chi connectivity index (χ3v) is 4.60. The fourth-order valence-electron chi connectivity index (χ4n) is 3.03. The van der Waals surface area contributed by atoms with E-state index in [1.54, 1.807) is 18.5 Å². The van der Waals surface area contributed by atoms with E-state index < -0.39 is 0 Å². The molecular weight excluding hydrogens is 380 g/mol. The molecule has 0 aliphatic carbocycles. The minimum absolute atomic E-state index is 0.230. The zero-order chi connectivity index (χ0) is 20.8. The van der Waals surface area contributed by atoms with Crippen LogP contribution in [0.1, 0.15) is 21.5 Å². The number of carbonyl (C=O) groups excluding carboxylic acids is 1. The highest BCUT2D eigenvalue weighted by Crippen LogP contribution is 2.32. The van der Waals surface area contributed by atoms with Crippen LogP contribution in [0.5, 0.6) is 11.5 Å². The molecule has 0 bridgehead atoms. The molecule has 1 aromatic heterocycles. The molecule has 2 N–H and O–H groups in total. The fourth-order valence-corrected chi connectivity index (χ4v) is 3.03. The number of carbonyl (C=O) groups is 1. The highest BCUT2D eigenvalue weighted by atomic mass is 16.6. The highest BCUT2D eigenvalue weighted by Gasteiger charge is 2.14. The molecule has 0 spiro atoms. The highest BCUT2D eigenvalue weighted by molar-refractivity contribution is 6.10. The van der Waals surface area contributed by atoms with Gasteiger partial charge in [0.15, 0.2) is 11.5 Å². The number of rotatable bonds is 4. The summed E-state index contributed by atoms with van der Waals surface area (Å²) in [6.45, 7) is 3.33. The lowest BCUT2D eigenvalue weighted by atomic mass is 10.1. The van der Waals surface area contributed by atoms with Crippen molar-refractivity contribution in [2.45, 2.75) is 13.5 Å². The van der Waals surface area contributed by atoms with E-state index in [0.29, 0.717) is 42.8 Å². The van der Waals surface area contributed by atoms with Crippen LogP contribution in [-0.4, -0.2) is 30.1 Å². The molecule has 0 saturated heterocycles. The quantitative estimate of drug-likeness (QED) is 0.515. The average molecular weight is 402 g/mol. The van der Waals surface area contributed by atoms with Crippen molar-refractivity contribution >= 4 is 17.6 Å². The number of guanidine groups is 1. The van der Waals surface area contributed by atoms with E-state index in [1.807, 2.05) is 55.5 Å². The molecule has 0 fully saturated rings. The summed E-state index contributed by atoms with van der Waals surface area (Å²) in [4.78, 5) is 21.4. The van der Waals surface area contributed by atoms with Crippen molar-refractivity contribution in [3.05, 3.63) is 83.7 Å². The number of amides is 1. The second-order valence-corrected chi connectivity index (χ2v) is 6.77. The first kappa shape index (κ1) is 19.4. The number of aliphatic imine (C=N–C) groups is 1. The van der Waals surface area contributed by atoms with Gasteiger partial charge in [0.05, 0.1) is 6.54 Å². The Morgan fingerprint density at radius 2 is 1.80 bits per heavy atom. The van der Waals surface area contributed by atoms with Crippen molar-refractivity contribution in [3.63, 3.8) is 0 Å². The van der Waals surface area contributed by atoms with Gasteiger partial charge in [0, 0.05) is 29.7 Å². The van der Waals surface area contributed by atoms with Gasteiger partial charge in [0.1, 0.15) is 13.2 Å². The summed E-state index contributed by atoms with van der Waals surface area (Å²) >= 11 is 0. The number of pyridine rings is 1. The summed E-state index contributed by atoms with van der Waals surface area (Å²) in [7, 11) is 0. The van der Waals surface area contributed by atoms with E-state index in [9.17, 15) is 4.79 Å². The summed E-state index contributed by atoms with van der Waals surface area (Å²) in [5.41, 5.74) is 3.20. The zero-order valence-electron chi connectivity index (χ0n) is 16.6. The number of anilines is 1. The molecular formula is C23H22N4O3. The van der Waals surface area contributed by atoms with Crippen molar-refractivity contribution in [2.75, 3.05) is 18.5 Å². The number of hydrogen-bond donors (Lipinski definition) is 2. The van der Waals surface area contributed by atoms with Crippen molar-refractivity contribution in [1.29, 1.82) is 0 Å². The van der Waals surface area contributed by atoms with E-state index >= 15 is 0 Å². The number of fused-ring (bicyclic) bond motifs is 1. The van der Waals surface area contributed by atoms with Crippen LogP contribution in [-0.2, 0) is 6.54 Å². The molecule has 2 aromatic carbocycles. The number of aromatic nitrogens is 1. The predicted molar refractivity (Wildman–Crippen MR) is 115 cm³/mol. The Labute approximate surface area is 174 Å². The lowest BCUT2D eigenvalue weighted by Crippen LogP contribution is -2.36. The Bertz CT molecular complexity index is 1070. The Kier molecular flexibility index (Phi) is 5.89. The molecule has 1 aliphatic heterocycles. The Morgan fingerprint density at radius 3 is 2.60 bits per heavy atom. The van der Waals surface area contributed by atoms with Gasteiger partial charge in [-0.15, -0.1) is 0 Å². The van der Waals surface area contributed by atoms with Gasteiger partial charge in [-0.05, 0) is 48.4 Å². The number of benzene rings is 2. The van der Waals surface area contributed by atoms with E-state index in [-0.39, 0.29) is 5.91 Å². The minimum atomic E-state index is -0.230. The Morgan fingerprint density at radius 1 is 1.03 bits per heavy atom. The molecule has 3 aromatic rings. The summed E-state index contributed by atoms with van der Waals surface area (Å²) in [6, 6.07) is 16.7. The van der Waals surface area contributed by atoms with Gasteiger partial charge in [0.25, 0.3) is 5.91 Å². The van der Waals surface area contributed by atoms with Gasteiger partial charge in [0.2, 0.25) is 5.96 Å². The van der Waals surface area contributed by atoms with Gasteiger partial charge in [-0.1, -0.05) is 18.2 Å². The molecule has 152 valence electrons. The SMILES string of the molecule is Cc1ccccc1C(=O)NC(=NCc1ccncc1)Nc1ccc2c(c1)OCCO2. The van der Waals surface area contributed by atoms with Gasteiger partial charge < -0.3 is 14.8 Å². The van der Waals surface area contributed by atoms with Gasteiger partial charge in [-0.3, -0.25) is 15.1 Å². The predicted octanol–water partition coefficient (Wildman–Crippen LogP) is 3.56. The second kappa shape index (κ2) is 9.09. The third-order valence-electron chi connectivity index (χ3n) is 4.60. The van der Waals surface area contributed by atoms with Crippen molar-refractivity contribution in [3.8, 4) is 11.5 Å². The molecule has 1 amide bonds. The molecule has 0 saturated carbocycles. The van der Waals surface area contributed by atoms with Crippen LogP contribution in [0.25, 0.3) is 0 Å². The number of ether oxygens (including phenoxy) is 2. The van der Waals surface area contributed by atoms with Crippen LogP contribution < -0.4 is 20.1 Å². The standard InChI is InChI=1S/C23H22N4O3/c1-16-4-2-3-5-19(16)22(28)27-23(25-15-17-8-10-24-11-9-17)26-18-6-7-20-21(14-18)30-13-12-29-20/h2-11,14H,12-13,15H2,1H3,(H2,25,26,27,28). The molecule has 0 radical (unpaired) electrons. The van der Waals surface area contributed by atoms with Crippen LogP contribution >= 0.6 is 0 Å². The molecule has 7 nitrogen and oxygen atoms in total. The molecule has 1 aliphatic rings. The van der Waals surface area contributed by atoms with Gasteiger partial charge >= 0.3 is 0 Å².